The molecule has 0 atom stereocenters. The molecule has 1 saturated heterocycles. The molecule has 2 N–H and O–H groups in total. The number of hydrogen-bond donors (Lipinski definition) is 2. The summed E-state index contributed by atoms with van der Waals surface area (Å²) in [5.41, 5.74) is 3.59. The Labute approximate surface area is 191 Å². The molecule has 1 aliphatic rings. The number of methoxy groups -OCH3 is 1. The third-order valence-electron chi connectivity index (χ3n) is 5.59. The Kier molecular flexibility index (Phi) is 6.97. The van der Waals surface area contributed by atoms with Gasteiger partial charge in [0.1, 0.15) is 16.7 Å². The third kappa shape index (κ3) is 4.87. The highest BCUT2D eigenvalue weighted by Gasteiger charge is 2.23. The summed E-state index contributed by atoms with van der Waals surface area (Å²) >= 11 is 0. The fraction of sp³-hybridized carbons (Fsp3) is 0.391. The van der Waals surface area contributed by atoms with Crippen molar-refractivity contribution in [3.8, 4) is 11.3 Å². The highest BCUT2D eigenvalue weighted by atomic mass is 16.5. The van der Waals surface area contributed by atoms with Gasteiger partial charge in [-0.1, -0.05) is 24.3 Å². The van der Waals surface area contributed by atoms with Crippen molar-refractivity contribution in [2.24, 2.45) is 0 Å². The van der Waals surface area contributed by atoms with Gasteiger partial charge in [-0.3, -0.25) is 0 Å². The van der Waals surface area contributed by atoms with Crippen LogP contribution in [0, 0.1) is 0 Å². The molecule has 2 aromatic heterocycles. The Morgan fingerprint density at radius 1 is 1.15 bits per heavy atom. The second kappa shape index (κ2) is 10.1. The van der Waals surface area contributed by atoms with Gasteiger partial charge in [-0.25, -0.2) is 19.7 Å². The number of carbonyl (C=O) groups is 1. The molecule has 0 radical (unpaired) electrons. The molecule has 0 spiro atoms. The fourth-order valence-electron chi connectivity index (χ4n) is 3.70. The monoisotopic (exact) mass is 453 g/mol. The number of nitrogens with zero attached hydrogens (tertiary/aromatic N) is 5. The summed E-state index contributed by atoms with van der Waals surface area (Å²) in [5.74, 6) is -0.588. The minimum atomic E-state index is -1.13. The molecule has 1 aliphatic heterocycles. The first-order valence-electron chi connectivity index (χ1n) is 10.7. The van der Waals surface area contributed by atoms with E-state index in [2.05, 4.69) is 9.88 Å². The van der Waals surface area contributed by atoms with Gasteiger partial charge in [0.2, 0.25) is 5.95 Å². The number of aliphatic hydroxyl groups excluding tert-OH is 1. The van der Waals surface area contributed by atoms with Crippen LogP contribution in [0.2, 0.25) is 0 Å². The van der Waals surface area contributed by atoms with Gasteiger partial charge in [-0.05, 0) is 11.6 Å². The molecule has 3 heterocycles. The van der Waals surface area contributed by atoms with Gasteiger partial charge in [0.05, 0.1) is 32.1 Å². The van der Waals surface area contributed by atoms with Gasteiger partial charge in [0.15, 0.2) is 5.69 Å². The van der Waals surface area contributed by atoms with Crippen LogP contribution in [0.4, 0.5) is 11.6 Å². The lowest BCUT2D eigenvalue weighted by molar-refractivity contribution is 0.0691. The Hall–Kier alpha value is -3.34. The number of rotatable bonds is 8. The zero-order valence-corrected chi connectivity index (χ0v) is 18.7. The topological polar surface area (TPSA) is 121 Å². The first-order valence-corrected chi connectivity index (χ1v) is 10.7. The van der Waals surface area contributed by atoms with E-state index in [9.17, 15) is 15.0 Å². The highest BCUT2D eigenvalue weighted by Crippen LogP contribution is 2.33. The predicted octanol–water partition coefficient (Wildman–Crippen LogP) is 1.80. The van der Waals surface area contributed by atoms with Crippen LogP contribution in [0.5, 0.6) is 0 Å². The molecular weight excluding hydrogens is 426 g/mol. The van der Waals surface area contributed by atoms with Crippen molar-refractivity contribution < 1.29 is 24.5 Å². The number of aromatic nitrogens is 3. The molecule has 1 aromatic carbocycles. The number of carboxylic acid groups (broad SMARTS) is 1. The normalized spacial score (nSPS) is 14.0. The number of anilines is 2. The molecule has 0 bridgehead atoms. The van der Waals surface area contributed by atoms with Crippen molar-refractivity contribution in [2.45, 2.75) is 6.61 Å². The van der Waals surface area contributed by atoms with Gasteiger partial charge in [-0.2, -0.15) is 0 Å². The number of aliphatic hydroxyl groups is 1. The Bertz CT molecular complexity index is 1130. The second-order valence-electron chi connectivity index (χ2n) is 7.77. The molecule has 10 nitrogen and oxygen atoms in total. The van der Waals surface area contributed by atoms with E-state index in [0.29, 0.717) is 67.8 Å². The molecule has 33 heavy (non-hydrogen) atoms. The van der Waals surface area contributed by atoms with Crippen molar-refractivity contribution in [3.05, 3.63) is 41.6 Å². The van der Waals surface area contributed by atoms with Crippen LogP contribution >= 0.6 is 0 Å². The molecular formula is C23H27N5O5. The van der Waals surface area contributed by atoms with E-state index in [4.69, 9.17) is 19.4 Å². The molecule has 0 aliphatic carbocycles. The van der Waals surface area contributed by atoms with E-state index in [1.54, 1.807) is 7.11 Å². The lowest BCUT2D eigenvalue weighted by atomic mass is 10.1. The minimum absolute atomic E-state index is 0.0698. The van der Waals surface area contributed by atoms with E-state index in [-0.39, 0.29) is 12.3 Å². The van der Waals surface area contributed by atoms with Gasteiger partial charge in [-0.15, -0.1) is 0 Å². The number of morpholine rings is 1. The zero-order valence-electron chi connectivity index (χ0n) is 18.7. The Morgan fingerprint density at radius 2 is 1.88 bits per heavy atom. The van der Waals surface area contributed by atoms with E-state index in [1.165, 1.54) is 6.07 Å². The highest BCUT2D eigenvalue weighted by molar-refractivity contribution is 6.01. The standard InChI is InChI=1S/C23H27N5O5/c1-27(7-10-32-2)18-13-17(22(30)31)24-21-19(16-5-3-15(14-29)4-6-16)25-23(26-20(18)21)28-8-11-33-12-9-28/h3-6,13,29H,7-12,14H2,1-2H3,(H,30,31). The van der Waals surface area contributed by atoms with Crippen molar-refractivity contribution in [3.63, 3.8) is 0 Å². The lowest BCUT2D eigenvalue weighted by Crippen LogP contribution is -2.37. The minimum Gasteiger partial charge on any atom is -0.477 e. The van der Waals surface area contributed by atoms with Crippen LogP contribution in [-0.4, -0.2) is 84.7 Å². The number of hydrogen-bond acceptors (Lipinski definition) is 9. The summed E-state index contributed by atoms with van der Waals surface area (Å²) in [6, 6.07) is 8.85. The van der Waals surface area contributed by atoms with E-state index in [1.807, 2.05) is 36.2 Å². The molecule has 10 heteroatoms. The fourth-order valence-corrected chi connectivity index (χ4v) is 3.70. The first kappa shape index (κ1) is 22.8. The zero-order chi connectivity index (χ0) is 23.4. The maximum atomic E-state index is 11.9. The second-order valence-corrected chi connectivity index (χ2v) is 7.77. The number of fused-ring (bicyclic) bond motifs is 1. The van der Waals surface area contributed by atoms with Crippen LogP contribution in [0.3, 0.4) is 0 Å². The molecule has 4 rings (SSSR count). The third-order valence-corrected chi connectivity index (χ3v) is 5.59. The molecule has 1 fully saturated rings. The average Bonchev–Trinajstić information content (AvgIpc) is 2.86. The van der Waals surface area contributed by atoms with E-state index in [0.717, 1.165) is 11.1 Å². The predicted molar refractivity (Wildman–Crippen MR) is 124 cm³/mol. The SMILES string of the molecule is COCCN(C)c1cc(C(=O)O)nc2c(-c3ccc(CO)cc3)nc(N3CCOCC3)nc12. The summed E-state index contributed by atoms with van der Waals surface area (Å²) in [6.07, 6.45) is 0. The maximum Gasteiger partial charge on any atom is 0.354 e. The van der Waals surface area contributed by atoms with E-state index >= 15 is 0 Å². The molecule has 174 valence electrons. The number of ether oxygens (including phenoxy) is 2. The van der Waals surface area contributed by atoms with Crippen molar-refractivity contribution in [2.75, 3.05) is 63.4 Å². The Balaban J connectivity index is 1.97. The van der Waals surface area contributed by atoms with Crippen molar-refractivity contribution in [1.82, 2.24) is 15.0 Å². The quantitative estimate of drug-likeness (QED) is 0.522. The lowest BCUT2D eigenvalue weighted by Gasteiger charge is -2.28. The summed E-state index contributed by atoms with van der Waals surface area (Å²) < 4.78 is 10.7. The number of benzene rings is 1. The Morgan fingerprint density at radius 3 is 2.52 bits per heavy atom. The van der Waals surface area contributed by atoms with Crippen LogP contribution in [-0.2, 0) is 16.1 Å². The average molecular weight is 453 g/mol. The summed E-state index contributed by atoms with van der Waals surface area (Å²) in [7, 11) is 3.49. The van der Waals surface area contributed by atoms with Gasteiger partial charge >= 0.3 is 5.97 Å². The number of carboxylic acids is 1. The maximum absolute atomic E-state index is 11.9. The van der Waals surface area contributed by atoms with Crippen LogP contribution in [0.25, 0.3) is 22.3 Å². The number of aromatic carboxylic acids is 1. The van der Waals surface area contributed by atoms with E-state index < -0.39 is 5.97 Å². The molecule has 3 aromatic rings. The van der Waals surface area contributed by atoms with Gasteiger partial charge in [0, 0.05) is 39.4 Å². The van der Waals surface area contributed by atoms with Gasteiger partial charge < -0.3 is 29.5 Å². The summed E-state index contributed by atoms with van der Waals surface area (Å²) in [6.45, 7) is 3.43. The molecule has 0 amide bonds. The van der Waals surface area contributed by atoms with Crippen LogP contribution in [0.1, 0.15) is 16.1 Å². The van der Waals surface area contributed by atoms with Crippen molar-refractivity contribution in [1.29, 1.82) is 0 Å². The largest absolute Gasteiger partial charge is 0.477 e. The van der Waals surface area contributed by atoms with Crippen LogP contribution in [0.15, 0.2) is 30.3 Å². The molecule has 0 saturated carbocycles. The number of pyridine rings is 1. The first-order chi connectivity index (χ1) is 16.0. The summed E-state index contributed by atoms with van der Waals surface area (Å²) in [4.78, 5) is 29.9. The summed E-state index contributed by atoms with van der Waals surface area (Å²) in [5, 5.41) is 19.1. The number of likely N-dealkylation sites (N-methyl/N-ethyl adjacent to an activating group) is 1. The smallest absolute Gasteiger partial charge is 0.354 e. The van der Waals surface area contributed by atoms with Crippen molar-refractivity contribution >= 4 is 28.6 Å². The van der Waals surface area contributed by atoms with Gasteiger partial charge in [0.25, 0.3) is 0 Å². The van der Waals surface area contributed by atoms with Crippen LogP contribution < -0.4 is 9.80 Å². The molecule has 0 unspecified atom stereocenters.